The molecule has 0 amide bonds. The second-order valence-corrected chi connectivity index (χ2v) is 4.47. The molecule has 0 aromatic carbocycles. The van der Waals surface area contributed by atoms with Gasteiger partial charge in [-0.05, 0) is 12.3 Å². The minimum absolute atomic E-state index is 0.438. The molecule has 0 bridgehead atoms. The lowest BCUT2D eigenvalue weighted by Gasteiger charge is -2.08. The second-order valence-electron chi connectivity index (χ2n) is 3.42. The van der Waals surface area contributed by atoms with E-state index in [4.69, 9.17) is 4.55 Å². The Morgan fingerprint density at radius 2 is 2.00 bits per heavy atom. The second kappa shape index (κ2) is 7.74. The molecule has 0 aliphatic carbocycles. The first kappa shape index (κ1) is 12.1. The van der Waals surface area contributed by atoms with Crippen molar-refractivity contribution in [1.29, 1.82) is 0 Å². The van der Waals surface area contributed by atoms with Gasteiger partial charge in [-0.3, -0.25) is 0 Å². The van der Waals surface area contributed by atoms with Gasteiger partial charge < -0.3 is 4.55 Å². The van der Waals surface area contributed by atoms with Crippen LogP contribution in [0.2, 0.25) is 0 Å². The third-order valence-corrected chi connectivity index (χ3v) is 2.67. The van der Waals surface area contributed by atoms with E-state index in [0.29, 0.717) is 11.7 Å². The molecule has 0 radical (unpaired) electrons. The molecule has 0 heterocycles. The molecular formula is C9H20O2S. The van der Waals surface area contributed by atoms with E-state index in [1.165, 1.54) is 25.7 Å². The molecule has 12 heavy (non-hydrogen) atoms. The van der Waals surface area contributed by atoms with Crippen molar-refractivity contribution in [3.8, 4) is 0 Å². The first-order chi connectivity index (χ1) is 5.66. The van der Waals surface area contributed by atoms with Gasteiger partial charge >= 0.3 is 0 Å². The minimum Gasteiger partial charge on any atom is -0.306 e. The van der Waals surface area contributed by atoms with Crippen molar-refractivity contribution in [3.63, 3.8) is 0 Å². The Bertz CT molecular complexity index is 126. The van der Waals surface area contributed by atoms with Crippen molar-refractivity contribution in [1.82, 2.24) is 0 Å². The molecule has 0 rings (SSSR count). The third kappa shape index (κ3) is 8.21. The number of hydrogen-bond acceptors (Lipinski definition) is 1. The fourth-order valence-corrected chi connectivity index (χ4v) is 1.79. The molecule has 0 aliphatic rings. The Labute approximate surface area is 78.0 Å². The van der Waals surface area contributed by atoms with Crippen LogP contribution in [-0.4, -0.2) is 14.5 Å². The number of hydrogen-bond donors (Lipinski definition) is 1. The molecule has 2 nitrogen and oxygen atoms in total. The highest BCUT2D eigenvalue weighted by molar-refractivity contribution is 7.79. The molecule has 0 aromatic heterocycles. The maximum absolute atomic E-state index is 10.3. The van der Waals surface area contributed by atoms with Gasteiger partial charge in [-0.25, -0.2) is 4.21 Å². The van der Waals surface area contributed by atoms with E-state index in [0.717, 1.165) is 6.42 Å². The first-order valence-corrected chi connectivity index (χ1v) is 6.01. The molecule has 0 saturated carbocycles. The Hall–Kier alpha value is 0.110. The van der Waals surface area contributed by atoms with Crippen molar-refractivity contribution in [3.05, 3.63) is 0 Å². The number of rotatable bonds is 7. The summed E-state index contributed by atoms with van der Waals surface area (Å²) in [6.07, 6.45) is 5.87. The molecule has 0 aliphatic heterocycles. The molecule has 2 atom stereocenters. The van der Waals surface area contributed by atoms with Crippen LogP contribution in [0.25, 0.3) is 0 Å². The molecule has 74 valence electrons. The average molecular weight is 192 g/mol. The molecule has 0 spiro atoms. The summed E-state index contributed by atoms with van der Waals surface area (Å²) >= 11 is -1.59. The van der Waals surface area contributed by atoms with E-state index in [1.54, 1.807) is 0 Å². The maximum Gasteiger partial charge on any atom is 0.152 e. The smallest absolute Gasteiger partial charge is 0.152 e. The molecule has 0 saturated heterocycles. The summed E-state index contributed by atoms with van der Waals surface area (Å²) in [4.78, 5) is 0. The quantitative estimate of drug-likeness (QED) is 0.497. The van der Waals surface area contributed by atoms with Gasteiger partial charge in [-0.1, -0.05) is 39.5 Å². The van der Waals surface area contributed by atoms with E-state index in [2.05, 4.69) is 13.8 Å². The lowest BCUT2D eigenvalue weighted by molar-refractivity contribution is 0.476. The van der Waals surface area contributed by atoms with Crippen LogP contribution < -0.4 is 0 Å². The molecule has 0 fully saturated rings. The fourth-order valence-electron chi connectivity index (χ4n) is 1.19. The molecule has 3 heteroatoms. The van der Waals surface area contributed by atoms with Crippen LogP contribution in [0.4, 0.5) is 0 Å². The van der Waals surface area contributed by atoms with Crippen LogP contribution >= 0.6 is 0 Å². The normalized spacial score (nSPS) is 15.9. The zero-order valence-corrected chi connectivity index (χ0v) is 8.90. The van der Waals surface area contributed by atoms with Crippen LogP contribution in [0.5, 0.6) is 0 Å². The van der Waals surface area contributed by atoms with Gasteiger partial charge in [-0.2, -0.15) is 0 Å². The van der Waals surface area contributed by atoms with Gasteiger partial charge in [0.15, 0.2) is 11.1 Å². The van der Waals surface area contributed by atoms with Crippen LogP contribution in [0.1, 0.15) is 46.0 Å². The fraction of sp³-hybridized carbons (Fsp3) is 1.00. The van der Waals surface area contributed by atoms with E-state index in [-0.39, 0.29) is 0 Å². The van der Waals surface area contributed by atoms with Crippen LogP contribution in [0.15, 0.2) is 0 Å². The largest absolute Gasteiger partial charge is 0.306 e. The van der Waals surface area contributed by atoms with Gasteiger partial charge in [0.25, 0.3) is 0 Å². The summed E-state index contributed by atoms with van der Waals surface area (Å²) in [5.74, 6) is 1.04. The Balaban J connectivity index is 3.21. The predicted molar refractivity (Wildman–Crippen MR) is 53.6 cm³/mol. The maximum atomic E-state index is 10.3. The standard InChI is InChI=1S/C9H20O2S/c1-3-4-5-6-9(2)7-8-12(10)11/h9H,3-8H2,1-2H3,(H,10,11). The highest BCUT2D eigenvalue weighted by Crippen LogP contribution is 2.12. The van der Waals surface area contributed by atoms with E-state index in [9.17, 15) is 4.21 Å². The third-order valence-electron chi connectivity index (χ3n) is 2.09. The number of unbranched alkanes of at least 4 members (excludes halogenated alkanes) is 2. The van der Waals surface area contributed by atoms with E-state index >= 15 is 0 Å². The average Bonchev–Trinajstić information content (AvgIpc) is 2.01. The molecule has 0 aromatic rings. The Morgan fingerprint density at radius 3 is 2.50 bits per heavy atom. The molecule has 2 unspecified atom stereocenters. The van der Waals surface area contributed by atoms with Gasteiger partial charge in [0, 0.05) is 5.75 Å². The summed E-state index contributed by atoms with van der Waals surface area (Å²) in [5.41, 5.74) is 0. The topological polar surface area (TPSA) is 37.3 Å². The van der Waals surface area contributed by atoms with E-state index < -0.39 is 11.1 Å². The Morgan fingerprint density at radius 1 is 1.33 bits per heavy atom. The molecule has 1 N–H and O–H groups in total. The zero-order valence-electron chi connectivity index (χ0n) is 8.08. The highest BCUT2D eigenvalue weighted by Gasteiger charge is 2.03. The monoisotopic (exact) mass is 192 g/mol. The van der Waals surface area contributed by atoms with Crippen molar-refractivity contribution < 1.29 is 8.76 Å². The van der Waals surface area contributed by atoms with Gasteiger partial charge in [0.2, 0.25) is 0 Å². The lowest BCUT2D eigenvalue weighted by Crippen LogP contribution is -2.02. The van der Waals surface area contributed by atoms with Crippen LogP contribution in [0.3, 0.4) is 0 Å². The molecular weight excluding hydrogens is 172 g/mol. The SMILES string of the molecule is CCCCCC(C)CCS(=O)O. The van der Waals surface area contributed by atoms with Crippen molar-refractivity contribution in [2.45, 2.75) is 46.0 Å². The van der Waals surface area contributed by atoms with Crippen LogP contribution in [-0.2, 0) is 11.1 Å². The lowest BCUT2D eigenvalue weighted by atomic mass is 10.0. The van der Waals surface area contributed by atoms with Gasteiger partial charge in [0.1, 0.15) is 0 Å². The highest BCUT2D eigenvalue weighted by atomic mass is 32.2. The van der Waals surface area contributed by atoms with Crippen molar-refractivity contribution in [2.75, 3.05) is 5.75 Å². The van der Waals surface area contributed by atoms with Crippen molar-refractivity contribution in [2.24, 2.45) is 5.92 Å². The Kier molecular flexibility index (Phi) is 7.81. The summed E-state index contributed by atoms with van der Waals surface area (Å²) in [5, 5.41) is 0. The van der Waals surface area contributed by atoms with Crippen LogP contribution in [0, 0.1) is 5.92 Å². The van der Waals surface area contributed by atoms with Gasteiger partial charge in [0.05, 0.1) is 0 Å². The summed E-state index contributed by atoms with van der Waals surface area (Å²) < 4.78 is 18.9. The first-order valence-electron chi connectivity index (χ1n) is 4.74. The van der Waals surface area contributed by atoms with Gasteiger partial charge in [-0.15, -0.1) is 0 Å². The van der Waals surface area contributed by atoms with E-state index in [1.807, 2.05) is 0 Å². The zero-order chi connectivity index (χ0) is 9.40. The summed E-state index contributed by atoms with van der Waals surface area (Å²) in [6.45, 7) is 4.34. The minimum atomic E-state index is -1.59. The summed E-state index contributed by atoms with van der Waals surface area (Å²) in [6, 6.07) is 0. The summed E-state index contributed by atoms with van der Waals surface area (Å²) in [7, 11) is 0. The predicted octanol–water partition coefficient (Wildman–Crippen LogP) is 2.81. The van der Waals surface area contributed by atoms with Crippen molar-refractivity contribution >= 4 is 11.1 Å².